The summed E-state index contributed by atoms with van der Waals surface area (Å²) in [6.45, 7) is 0.502. The van der Waals surface area contributed by atoms with E-state index < -0.39 is 7.12 Å². The van der Waals surface area contributed by atoms with Gasteiger partial charge in [0.1, 0.15) is 11.6 Å². The van der Waals surface area contributed by atoms with E-state index in [1.807, 2.05) is 30.3 Å². The maximum Gasteiger partial charge on any atom is 0.454 e. The molecule has 3 rings (SSSR count). The van der Waals surface area contributed by atoms with Crippen molar-refractivity contribution in [3.63, 3.8) is 0 Å². The molecule has 1 N–H and O–H groups in total. The molecule has 1 aliphatic rings. The Morgan fingerprint density at radius 3 is 2.71 bits per heavy atom. The SMILES string of the molecule is COc1ccc(-c2cccc([C@H]3COB(O)C3)c2)c(C#N)c1OC. The number of benzene rings is 2. The molecule has 2 aromatic rings. The lowest BCUT2D eigenvalue weighted by Gasteiger charge is -2.14. The lowest BCUT2D eigenvalue weighted by Crippen LogP contribution is -2.07. The quantitative estimate of drug-likeness (QED) is 0.876. The molecule has 0 aliphatic carbocycles. The monoisotopic (exact) mass is 323 g/mol. The maximum atomic E-state index is 9.59. The largest absolute Gasteiger partial charge is 0.493 e. The molecule has 2 aromatic carbocycles. The third-order valence-corrected chi connectivity index (χ3v) is 4.30. The zero-order chi connectivity index (χ0) is 17.1. The van der Waals surface area contributed by atoms with Gasteiger partial charge in [0.25, 0.3) is 0 Å². The summed E-state index contributed by atoms with van der Waals surface area (Å²) in [4.78, 5) is 0. The summed E-state index contributed by atoms with van der Waals surface area (Å²) in [6.07, 6.45) is 0.584. The predicted molar refractivity (Wildman–Crippen MR) is 91.2 cm³/mol. The molecule has 0 bridgehead atoms. The number of methoxy groups -OCH3 is 2. The van der Waals surface area contributed by atoms with Gasteiger partial charge in [0.05, 0.1) is 14.2 Å². The van der Waals surface area contributed by atoms with Gasteiger partial charge < -0.3 is 19.2 Å². The van der Waals surface area contributed by atoms with Gasteiger partial charge in [0.2, 0.25) is 0 Å². The topological polar surface area (TPSA) is 71.7 Å². The molecule has 1 atom stereocenters. The molecular weight excluding hydrogens is 305 g/mol. The van der Waals surface area contributed by atoms with Crippen LogP contribution in [0.1, 0.15) is 17.0 Å². The van der Waals surface area contributed by atoms with Gasteiger partial charge in [-0.2, -0.15) is 5.26 Å². The maximum absolute atomic E-state index is 9.59. The molecular formula is C18H18BNO4. The number of ether oxygens (including phenoxy) is 2. The van der Waals surface area contributed by atoms with Crippen LogP contribution in [0.4, 0.5) is 0 Å². The number of nitrogens with zero attached hydrogens (tertiary/aromatic N) is 1. The molecule has 1 heterocycles. The molecule has 0 radical (unpaired) electrons. The molecule has 24 heavy (non-hydrogen) atoms. The fraction of sp³-hybridized carbons (Fsp3) is 0.278. The first kappa shape index (κ1) is 16.4. The van der Waals surface area contributed by atoms with Crippen molar-refractivity contribution >= 4 is 7.12 Å². The van der Waals surface area contributed by atoms with Crippen molar-refractivity contribution in [2.24, 2.45) is 0 Å². The Kier molecular flexibility index (Phi) is 4.75. The molecule has 1 aliphatic heterocycles. The summed E-state index contributed by atoms with van der Waals surface area (Å²) >= 11 is 0. The summed E-state index contributed by atoms with van der Waals surface area (Å²) in [6, 6.07) is 13.8. The van der Waals surface area contributed by atoms with Crippen molar-refractivity contribution in [1.29, 1.82) is 5.26 Å². The Morgan fingerprint density at radius 1 is 1.25 bits per heavy atom. The van der Waals surface area contributed by atoms with Crippen LogP contribution >= 0.6 is 0 Å². The zero-order valence-electron chi connectivity index (χ0n) is 13.7. The molecule has 0 saturated carbocycles. The Morgan fingerprint density at radius 2 is 2.08 bits per heavy atom. The molecule has 0 unspecified atom stereocenters. The minimum absolute atomic E-state index is 0.158. The van der Waals surface area contributed by atoms with E-state index in [2.05, 4.69) is 6.07 Å². The van der Waals surface area contributed by atoms with Crippen molar-refractivity contribution in [3.8, 4) is 28.7 Å². The second-order valence-corrected chi connectivity index (χ2v) is 5.68. The molecule has 0 spiro atoms. The van der Waals surface area contributed by atoms with Crippen LogP contribution in [-0.2, 0) is 4.65 Å². The third kappa shape index (κ3) is 2.96. The van der Waals surface area contributed by atoms with Crippen LogP contribution in [0.15, 0.2) is 36.4 Å². The fourth-order valence-electron chi connectivity index (χ4n) is 3.08. The minimum atomic E-state index is -0.700. The van der Waals surface area contributed by atoms with Gasteiger partial charge in [-0.3, -0.25) is 0 Å². The van der Waals surface area contributed by atoms with Crippen LogP contribution in [-0.4, -0.2) is 33.0 Å². The highest BCUT2D eigenvalue weighted by molar-refractivity contribution is 6.43. The number of hydrogen-bond acceptors (Lipinski definition) is 5. The molecule has 122 valence electrons. The standard InChI is InChI=1S/C18H18BNO4/c1-22-17-7-6-15(16(10-20)18(17)23-2)13-5-3-4-12(8-13)14-9-19(21)24-11-14/h3-8,14,21H,9,11H2,1-2H3/t14-/m1/s1. The third-order valence-electron chi connectivity index (χ3n) is 4.30. The minimum Gasteiger partial charge on any atom is -0.493 e. The highest BCUT2D eigenvalue weighted by atomic mass is 16.5. The first-order valence-electron chi connectivity index (χ1n) is 7.73. The van der Waals surface area contributed by atoms with E-state index in [0.717, 1.165) is 16.7 Å². The van der Waals surface area contributed by atoms with E-state index in [1.165, 1.54) is 7.11 Å². The van der Waals surface area contributed by atoms with Gasteiger partial charge in [-0.25, -0.2) is 0 Å². The van der Waals surface area contributed by atoms with Crippen molar-refractivity contribution in [3.05, 3.63) is 47.5 Å². The summed E-state index contributed by atoms with van der Waals surface area (Å²) in [5.41, 5.74) is 3.24. The predicted octanol–water partition coefficient (Wildman–Crippen LogP) is 2.84. The first-order chi connectivity index (χ1) is 11.7. The summed E-state index contributed by atoms with van der Waals surface area (Å²) in [5.74, 6) is 1.12. The van der Waals surface area contributed by atoms with Gasteiger partial charge in [-0.1, -0.05) is 24.3 Å². The van der Waals surface area contributed by atoms with Crippen LogP contribution in [0.25, 0.3) is 11.1 Å². The Balaban J connectivity index is 2.05. The van der Waals surface area contributed by atoms with Crippen LogP contribution in [0, 0.1) is 11.3 Å². The van der Waals surface area contributed by atoms with Crippen molar-refractivity contribution in [2.45, 2.75) is 12.2 Å². The van der Waals surface area contributed by atoms with E-state index >= 15 is 0 Å². The van der Waals surface area contributed by atoms with E-state index in [4.69, 9.17) is 14.1 Å². The molecule has 1 fully saturated rings. The van der Waals surface area contributed by atoms with E-state index in [0.29, 0.717) is 30.0 Å². The van der Waals surface area contributed by atoms with Gasteiger partial charge >= 0.3 is 7.12 Å². The average Bonchev–Trinajstić information content (AvgIpc) is 3.06. The van der Waals surface area contributed by atoms with Crippen molar-refractivity contribution in [1.82, 2.24) is 0 Å². The van der Waals surface area contributed by atoms with Gasteiger partial charge in [-0.15, -0.1) is 0 Å². The van der Waals surface area contributed by atoms with Crippen LogP contribution in [0.2, 0.25) is 6.32 Å². The Labute approximate surface area is 141 Å². The highest BCUT2D eigenvalue weighted by Crippen LogP contribution is 2.38. The van der Waals surface area contributed by atoms with E-state index in [-0.39, 0.29) is 5.92 Å². The van der Waals surface area contributed by atoms with Crippen LogP contribution < -0.4 is 9.47 Å². The molecule has 0 aromatic heterocycles. The van der Waals surface area contributed by atoms with Gasteiger partial charge in [-0.05, 0) is 29.6 Å². The van der Waals surface area contributed by atoms with Crippen molar-refractivity contribution in [2.75, 3.05) is 20.8 Å². The lowest BCUT2D eigenvalue weighted by molar-refractivity contribution is 0.292. The first-order valence-corrected chi connectivity index (χ1v) is 7.73. The van der Waals surface area contributed by atoms with Crippen molar-refractivity contribution < 1.29 is 19.2 Å². The zero-order valence-corrected chi connectivity index (χ0v) is 13.7. The second kappa shape index (κ2) is 6.96. The van der Waals surface area contributed by atoms with Crippen LogP contribution in [0.5, 0.6) is 11.5 Å². The Bertz CT molecular complexity index is 787. The number of hydrogen-bond donors (Lipinski definition) is 1. The smallest absolute Gasteiger partial charge is 0.454 e. The number of rotatable bonds is 4. The lowest BCUT2D eigenvalue weighted by atomic mass is 9.79. The summed E-state index contributed by atoms with van der Waals surface area (Å²) in [7, 11) is 2.37. The van der Waals surface area contributed by atoms with Gasteiger partial charge in [0.15, 0.2) is 11.5 Å². The average molecular weight is 323 g/mol. The van der Waals surface area contributed by atoms with E-state index in [9.17, 15) is 10.3 Å². The second-order valence-electron chi connectivity index (χ2n) is 5.68. The molecule has 1 saturated heterocycles. The molecule has 0 amide bonds. The molecule has 5 nitrogen and oxygen atoms in total. The van der Waals surface area contributed by atoms with Crippen LogP contribution in [0.3, 0.4) is 0 Å². The Hall–Kier alpha value is -2.49. The normalized spacial score (nSPS) is 16.8. The van der Waals surface area contributed by atoms with Gasteiger partial charge in [0, 0.05) is 18.1 Å². The summed E-state index contributed by atoms with van der Waals surface area (Å²) < 4.78 is 15.9. The molecule has 6 heteroatoms. The summed E-state index contributed by atoms with van der Waals surface area (Å²) in [5, 5.41) is 19.1. The van der Waals surface area contributed by atoms with E-state index in [1.54, 1.807) is 13.2 Å². The fourth-order valence-corrected chi connectivity index (χ4v) is 3.08. The highest BCUT2D eigenvalue weighted by Gasteiger charge is 2.29. The number of nitriles is 1.